The van der Waals surface area contributed by atoms with Crippen LogP contribution in [0.2, 0.25) is 0 Å². The average Bonchev–Trinajstić information content (AvgIpc) is 2.84. The maximum atomic E-state index is 5.52. The van der Waals surface area contributed by atoms with Gasteiger partial charge < -0.3 is 10.7 Å². The Labute approximate surface area is 101 Å². The number of aromatic amines is 1. The zero-order chi connectivity index (χ0) is 12.4. The van der Waals surface area contributed by atoms with Gasteiger partial charge in [-0.15, -0.1) is 0 Å². The third-order valence-corrected chi connectivity index (χ3v) is 2.96. The second-order valence-corrected chi connectivity index (χ2v) is 4.14. The SMILES string of the molecule is CCn1nc(C)c(-c2cnc(CCN)[nH]2)c1C. The molecule has 0 saturated carbocycles. The van der Waals surface area contributed by atoms with Crippen LogP contribution in [-0.2, 0) is 13.0 Å². The van der Waals surface area contributed by atoms with E-state index in [-0.39, 0.29) is 0 Å². The number of nitrogens with one attached hydrogen (secondary N) is 1. The van der Waals surface area contributed by atoms with E-state index in [0.717, 1.165) is 35.7 Å². The Morgan fingerprint density at radius 1 is 1.41 bits per heavy atom. The van der Waals surface area contributed by atoms with Crippen LogP contribution in [0.3, 0.4) is 0 Å². The smallest absolute Gasteiger partial charge is 0.107 e. The van der Waals surface area contributed by atoms with Gasteiger partial charge >= 0.3 is 0 Å². The van der Waals surface area contributed by atoms with Crippen LogP contribution in [0.4, 0.5) is 0 Å². The van der Waals surface area contributed by atoms with E-state index in [2.05, 4.69) is 28.9 Å². The molecular weight excluding hydrogens is 214 g/mol. The van der Waals surface area contributed by atoms with Crippen molar-refractivity contribution in [2.45, 2.75) is 33.7 Å². The maximum Gasteiger partial charge on any atom is 0.107 e. The molecule has 0 saturated heterocycles. The Morgan fingerprint density at radius 2 is 2.18 bits per heavy atom. The molecule has 0 unspecified atom stereocenters. The molecule has 17 heavy (non-hydrogen) atoms. The van der Waals surface area contributed by atoms with Crippen LogP contribution in [0.5, 0.6) is 0 Å². The summed E-state index contributed by atoms with van der Waals surface area (Å²) in [6.45, 7) is 7.70. The second-order valence-electron chi connectivity index (χ2n) is 4.14. The molecular formula is C12H19N5. The number of aryl methyl sites for hydroxylation is 2. The molecule has 0 bridgehead atoms. The van der Waals surface area contributed by atoms with Gasteiger partial charge in [-0.25, -0.2) is 4.98 Å². The molecule has 92 valence electrons. The third kappa shape index (κ3) is 2.10. The lowest BCUT2D eigenvalue weighted by Crippen LogP contribution is -2.03. The number of nitrogens with zero attached hydrogens (tertiary/aromatic N) is 3. The van der Waals surface area contributed by atoms with E-state index in [1.807, 2.05) is 17.8 Å². The average molecular weight is 233 g/mol. The second kappa shape index (κ2) is 4.71. The summed E-state index contributed by atoms with van der Waals surface area (Å²) >= 11 is 0. The fraction of sp³-hybridized carbons (Fsp3) is 0.500. The van der Waals surface area contributed by atoms with E-state index < -0.39 is 0 Å². The predicted molar refractivity (Wildman–Crippen MR) is 67.7 cm³/mol. The first-order valence-corrected chi connectivity index (χ1v) is 5.95. The van der Waals surface area contributed by atoms with E-state index >= 15 is 0 Å². The first-order valence-electron chi connectivity index (χ1n) is 5.95. The van der Waals surface area contributed by atoms with Gasteiger partial charge in [0.05, 0.1) is 17.6 Å². The Balaban J connectivity index is 2.41. The summed E-state index contributed by atoms with van der Waals surface area (Å²) in [7, 11) is 0. The minimum atomic E-state index is 0.610. The highest BCUT2D eigenvalue weighted by Crippen LogP contribution is 2.25. The number of hydrogen-bond acceptors (Lipinski definition) is 3. The van der Waals surface area contributed by atoms with Crippen molar-refractivity contribution in [2.24, 2.45) is 5.73 Å². The fourth-order valence-electron chi connectivity index (χ4n) is 2.15. The van der Waals surface area contributed by atoms with Gasteiger partial charge in [-0.05, 0) is 27.3 Å². The van der Waals surface area contributed by atoms with Crippen molar-refractivity contribution >= 4 is 0 Å². The quantitative estimate of drug-likeness (QED) is 0.838. The van der Waals surface area contributed by atoms with E-state index in [0.29, 0.717) is 6.54 Å². The lowest BCUT2D eigenvalue weighted by molar-refractivity contribution is 0.634. The topological polar surface area (TPSA) is 72.5 Å². The maximum absolute atomic E-state index is 5.52. The first-order chi connectivity index (χ1) is 8.17. The highest BCUT2D eigenvalue weighted by molar-refractivity contribution is 5.64. The van der Waals surface area contributed by atoms with Crippen LogP contribution < -0.4 is 5.73 Å². The van der Waals surface area contributed by atoms with Gasteiger partial charge in [0.1, 0.15) is 5.82 Å². The summed E-state index contributed by atoms with van der Waals surface area (Å²) in [4.78, 5) is 7.63. The van der Waals surface area contributed by atoms with Crippen LogP contribution in [-0.4, -0.2) is 26.3 Å². The highest BCUT2D eigenvalue weighted by atomic mass is 15.3. The van der Waals surface area contributed by atoms with Gasteiger partial charge in [0, 0.05) is 24.2 Å². The molecule has 0 aliphatic rings. The van der Waals surface area contributed by atoms with Crippen molar-refractivity contribution in [1.82, 2.24) is 19.7 Å². The van der Waals surface area contributed by atoms with Crippen molar-refractivity contribution in [3.05, 3.63) is 23.4 Å². The summed E-state index contributed by atoms with van der Waals surface area (Å²) in [6, 6.07) is 0. The predicted octanol–water partition coefficient (Wildman–Crippen LogP) is 1.41. The number of imidazole rings is 1. The van der Waals surface area contributed by atoms with Crippen LogP contribution >= 0.6 is 0 Å². The van der Waals surface area contributed by atoms with E-state index in [4.69, 9.17) is 5.73 Å². The molecule has 0 aliphatic carbocycles. The summed E-state index contributed by atoms with van der Waals surface area (Å²) in [5, 5.41) is 4.50. The van der Waals surface area contributed by atoms with Crippen LogP contribution in [0.25, 0.3) is 11.3 Å². The van der Waals surface area contributed by atoms with E-state index in [9.17, 15) is 0 Å². The minimum Gasteiger partial charge on any atom is -0.342 e. The van der Waals surface area contributed by atoms with Crippen molar-refractivity contribution in [2.75, 3.05) is 6.54 Å². The summed E-state index contributed by atoms with van der Waals surface area (Å²) < 4.78 is 2.01. The number of rotatable bonds is 4. The lowest BCUT2D eigenvalue weighted by atomic mass is 10.1. The van der Waals surface area contributed by atoms with Crippen molar-refractivity contribution in [3.63, 3.8) is 0 Å². The van der Waals surface area contributed by atoms with Crippen molar-refractivity contribution < 1.29 is 0 Å². The number of aromatic nitrogens is 4. The monoisotopic (exact) mass is 233 g/mol. The van der Waals surface area contributed by atoms with Gasteiger partial charge in [-0.3, -0.25) is 4.68 Å². The third-order valence-electron chi connectivity index (χ3n) is 2.96. The lowest BCUT2D eigenvalue weighted by Gasteiger charge is -2.00. The molecule has 2 aromatic rings. The first kappa shape index (κ1) is 11.9. The molecule has 0 amide bonds. The summed E-state index contributed by atoms with van der Waals surface area (Å²) in [5.41, 5.74) is 9.91. The van der Waals surface area contributed by atoms with Gasteiger partial charge in [-0.1, -0.05) is 0 Å². The highest BCUT2D eigenvalue weighted by Gasteiger charge is 2.14. The molecule has 2 aromatic heterocycles. The molecule has 0 fully saturated rings. The standard InChI is InChI=1S/C12H19N5/c1-4-17-9(3)12(8(2)16-17)10-7-14-11(15-10)5-6-13/h7H,4-6,13H2,1-3H3,(H,14,15). The Morgan fingerprint density at radius 3 is 2.76 bits per heavy atom. The largest absolute Gasteiger partial charge is 0.342 e. The normalized spacial score (nSPS) is 11.1. The fourth-order valence-corrected chi connectivity index (χ4v) is 2.15. The number of nitrogens with two attached hydrogens (primary N) is 1. The van der Waals surface area contributed by atoms with E-state index in [1.54, 1.807) is 0 Å². The molecule has 3 N–H and O–H groups in total. The van der Waals surface area contributed by atoms with Gasteiger partial charge in [0.2, 0.25) is 0 Å². The zero-order valence-electron chi connectivity index (χ0n) is 10.6. The summed E-state index contributed by atoms with van der Waals surface area (Å²) in [5.74, 6) is 0.936. The van der Waals surface area contributed by atoms with Gasteiger partial charge in [0.25, 0.3) is 0 Å². The molecule has 0 aliphatic heterocycles. The van der Waals surface area contributed by atoms with Crippen LogP contribution in [0, 0.1) is 13.8 Å². The molecule has 0 aromatic carbocycles. The Kier molecular flexibility index (Phi) is 3.28. The summed E-state index contributed by atoms with van der Waals surface area (Å²) in [6.07, 6.45) is 2.64. The van der Waals surface area contributed by atoms with Crippen molar-refractivity contribution in [1.29, 1.82) is 0 Å². The van der Waals surface area contributed by atoms with Crippen LogP contribution in [0.15, 0.2) is 6.20 Å². The van der Waals surface area contributed by atoms with Gasteiger partial charge in [0.15, 0.2) is 0 Å². The Bertz CT molecular complexity index is 509. The van der Waals surface area contributed by atoms with Gasteiger partial charge in [-0.2, -0.15) is 5.10 Å². The molecule has 5 heteroatoms. The zero-order valence-corrected chi connectivity index (χ0v) is 10.6. The molecule has 2 heterocycles. The molecule has 2 rings (SSSR count). The van der Waals surface area contributed by atoms with E-state index in [1.165, 1.54) is 5.69 Å². The molecule has 0 atom stereocenters. The molecule has 0 radical (unpaired) electrons. The van der Waals surface area contributed by atoms with Crippen LogP contribution in [0.1, 0.15) is 24.1 Å². The number of hydrogen-bond donors (Lipinski definition) is 2. The molecule has 0 spiro atoms. The van der Waals surface area contributed by atoms with Crippen molar-refractivity contribution in [3.8, 4) is 11.3 Å². The Hall–Kier alpha value is -1.62. The molecule has 5 nitrogen and oxygen atoms in total. The minimum absolute atomic E-state index is 0.610. The number of H-pyrrole nitrogens is 1.